The summed E-state index contributed by atoms with van der Waals surface area (Å²) < 4.78 is 36.3. The fourth-order valence-corrected chi connectivity index (χ4v) is 2.15. The minimum Gasteiger partial charge on any atom is -0.246 e. The molecule has 0 saturated carbocycles. The van der Waals surface area contributed by atoms with Gasteiger partial charge in [-0.2, -0.15) is 4.31 Å². The highest BCUT2D eigenvalue weighted by Crippen LogP contribution is 2.21. The predicted molar refractivity (Wildman–Crippen MR) is 45.1 cm³/mol. The first-order chi connectivity index (χ1) is 5.41. The van der Waals surface area contributed by atoms with Crippen LogP contribution in [-0.2, 0) is 10.0 Å². The molecule has 1 aliphatic rings. The van der Waals surface area contributed by atoms with Gasteiger partial charge in [-0.3, -0.25) is 0 Å². The van der Waals surface area contributed by atoms with E-state index in [-0.39, 0.29) is 12.5 Å². The second-order valence-electron chi connectivity index (χ2n) is 3.40. The average molecular weight is 195 g/mol. The smallest absolute Gasteiger partial charge is 0.211 e. The van der Waals surface area contributed by atoms with Crippen molar-refractivity contribution in [3.05, 3.63) is 0 Å². The molecular formula is C7H14FNO2S. The SMILES string of the molecule is C[C@@H]1CCN(S(C)(=O)=O)C[C@H]1F. The number of sulfonamides is 1. The molecule has 0 spiro atoms. The molecule has 0 aromatic carbocycles. The number of piperidine rings is 1. The molecule has 0 unspecified atom stereocenters. The fourth-order valence-electron chi connectivity index (χ4n) is 1.30. The summed E-state index contributed by atoms with van der Waals surface area (Å²) in [6.07, 6.45) is 0.734. The van der Waals surface area contributed by atoms with Gasteiger partial charge in [-0.05, 0) is 12.3 Å². The molecule has 1 aliphatic heterocycles. The highest BCUT2D eigenvalue weighted by atomic mass is 32.2. The van der Waals surface area contributed by atoms with Crippen LogP contribution in [-0.4, -0.2) is 38.2 Å². The van der Waals surface area contributed by atoms with Crippen LogP contribution in [0.5, 0.6) is 0 Å². The average Bonchev–Trinajstić information content (AvgIpc) is 1.92. The molecule has 0 bridgehead atoms. The maximum absolute atomic E-state index is 13.1. The van der Waals surface area contributed by atoms with Crippen LogP contribution in [0.3, 0.4) is 0 Å². The van der Waals surface area contributed by atoms with E-state index in [4.69, 9.17) is 0 Å². The second kappa shape index (κ2) is 3.30. The molecule has 0 aliphatic carbocycles. The largest absolute Gasteiger partial charge is 0.246 e. The Morgan fingerprint density at radius 1 is 1.50 bits per heavy atom. The van der Waals surface area contributed by atoms with Gasteiger partial charge in [0.1, 0.15) is 6.17 Å². The molecule has 0 aromatic rings. The summed E-state index contributed by atoms with van der Waals surface area (Å²) in [5.41, 5.74) is 0. The van der Waals surface area contributed by atoms with Gasteiger partial charge in [0.05, 0.1) is 6.26 Å². The number of halogens is 1. The first-order valence-corrected chi connectivity index (χ1v) is 5.85. The molecular weight excluding hydrogens is 181 g/mol. The van der Waals surface area contributed by atoms with Crippen molar-refractivity contribution in [2.45, 2.75) is 19.5 Å². The van der Waals surface area contributed by atoms with E-state index in [0.717, 1.165) is 6.26 Å². The molecule has 2 atom stereocenters. The molecule has 0 amide bonds. The topological polar surface area (TPSA) is 37.4 Å². The maximum Gasteiger partial charge on any atom is 0.211 e. The van der Waals surface area contributed by atoms with Crippen molar-refractivity contribution in [3.63, 3.8) is 0 Å². The van der Waals surface area contributed by atoms with Gasteiger partial charge >= 0.3 is 0 Å². The zero-order valence-electron chi connectivity index (χ0n) is 7.33. The molecule has 12 heavy (non-hydrogen) atoms. The predicted octanol–water partition coefficient (Wildman–Crippen LogP) is 0.626. The summed E-state index contributed by atoms with van der Waals surface area (Å²) in [4.78, 5) is 0. The first kappa shape index (κ1) is 9.92. The van der Waals surface area contributed by atoms with E-state index in [1.165, 1.54) is 4.31 Å². The molecule has 72 valence electrons. The van der Waals surface area contributed by atoms with Crippen molar-refractivity contribution < 1.29 is 12.8 Å². The molecule has 0 N–H and O–H groups in total. The van der Waals surface area contributed by atoms with Gasteiger partial charge < -0.3 is 0 Å². The molecule has 0 radical (unpaired) electrons. The third-order valence-electron chi connectivity index (χ3n) is 2.30. The molecule has 1 rings (SSSR count). The summed E-state index contributed by atoms with van der Waals surface area (Å²) in [5, 5.41) is 0. The van der Waals surface area contributed by atoms with Gasteiger partial charge in [0.25, 0.3) is 0 Å². The number of alkyl halides is 1. The minimum absolute atomic E-state index is 0.0111. The Kier molecular flexibility index (Phi) is 2.73. The zero-order valence-corrected chi connectivity index (χ0v) is 8.14. The van der Waals surface area contributed by atoms with E-state index in [9.17, 15) is 12.8 Å². The summed E-state index contributed by atoms with van der Waals surface area (Å²) in [6, 6.07) is 0. The Bertz CT molecular complexity index is 252. The Hall–Kier alpha value is -0.160. The Morgan fingerprint density at radius 3 is 2.50 bits per heavy atom. The van der Waals surface area contributed by atoms with Crippen molar-refractivity contribution in [1.29, 1.82) is 0 Å². The summed E-state index contributed by atoms with van der Waals surface area (Å²) >= 11 is 0. The van der Waals surface area contributed by atoms with Crippen LogP contribution in [0, 0.1) is 5.92 Å². The van der Waals surface area contributed by atoms with Gasteiger partial charge in [-0.1, -0.05) is 6.92 Å². The third kappa shape index (κ3) is 2.17. The van der Waals surface area contributed by atoms with Crippen LogP contribution in [0.1, 0.15) is 13.3 Å². The number of nitrogens with zero attached hydrogens (tertiary/aromatic N) is 1. The quantitative estimate of drug-likeness (QED) is 0.615. The third-order valence-corrected chi connectivity index (χ3v) is 3.57. The van der Waals surface area contributed by atoms with Crippen LogP contribution in [0.15, 0.2) is 0 Å². The molecule has 1 fully saturated rings. The lowest BCUT2D eigenvalue weighted by molar-refractivity contribution is 0.144. The summed E-state index contributed by atoms with van der Waals surface area (Å²) in [5.74, 6) is -0.0111. The number of rotatable bonds is 1. The van der Waals surface area contributed by atoms with Gasteiger partial charge in [-0.25, -0.2) is 12.8 Å². The van der Waals surface area contributed by atoms with E-state index in [1.807, 2.05) is 6.92 Å². The lowest BCUT2D eigenvalue weighted by Gasteiger charge is -2.30. The fraction of sp³-hybridized carbons (Fsp3) is 1.00. The monoisotopic (exact) mass is 195 g/mol. The number of hydrogen-bond acceptors (Lipinski definition) is 2. The van der Waals surface area contributed by atoms with E-state index < -0.39 is 16.2 Å². The van der Waals surface area contributed by atoms with Crippen LogP contribution < -0.4 is 0 Å². The van der Waals surface area contributed by atoms with E-state index in [1.54, 1.807) is 0 Å². The zero-order chi connectivity index (χ0) is 9.35. The van der Waals surface area contributed by atoms with Gasteiger partial charge in [0, 0.05) is 13.1 Å². The highest BCUT2D eigenvalue weighted by Gasteiger charge is 2.30. The van der Waals surface area contributed by atoms with Crippen LogP contribution in [0.4, 0.5) is 4.39 Å². The normalized spacial score (nSPS) is 33.6. The lowest BCUT2D eigenvalue weighted by atomic mass is 9.99. The summed E-state index contributed by atoms with van der Waals surface area (Å²) in [6.45, 7) is 2.30. The maximum atomic E-state index is 13.1. The van der Waals surface area contributed by atoms with Crippen LogP contribution in [0.2, 0.25) is 0 Å². The Balaban J connectivity index is 2.64. The Labute approximate surface area is 72.6 Å². The van der Waals surface area contributed by atoms with Crippen molar-refractivity contribution in [2.75, 3.05) is 19.3 Å². The molecule has 3 nitrogen and oxygen atoms in total. The van der Waals surface area contributed by atoms with Crippen LogP contribution >= 0.6 is 0 Å². The first-order valence-electron chi connectivity index (χ1n) is 4.00. The Morgan fingerprint density at radius 2 is 2.08 bits per heavy atom. The van der Waals surface area contributed by atoms with Gasteiger partial charge in [0.2, 0.25) is 10.0 Å². The molecule has 0 aromatic heterocycles. The van der Waals surface area contributed by atoms with Crippen molar-refractivity contribution >= 4 is 10.0 Å². The molecule has 1 heterocycles. The number of hydrogen-bond donors (Lipinski definition) is 0. The second-order valence-corrected chi connectivity index (χ2v) is 5.39. The van der Waals surface area contributed by atoms with E-state index >= 15 is 0 Å². The van der Waals surface area contributed by atoms with Crippen molar-refractivity contribution in [2.24, 2.45) is 5.92 Å². The van der Waals surface area contributed by atoms with Crippen LogP contribution in [0.25, 0.3) is 0 Å². The van der Waals surface area contributed by atoms with E-state index in [0.29, 0.717) is 13.0 Å². The summed E-state index contributed by atoms with van der Waals surface area (Å²) in [7, 11) is -3.19. The molecule has 5 heteroatoms. The minimum atomic E-state index is -3.19. The molecule has 1 saturated heterocycles. The highest BCUT2D eigenvalue weighted by molar-refractivity contribution is 7.88. The van der Waals surface area contributed by atoms with Gasteiger partial charge in [0.15, 0.2) is 0 Å². The van der Waals surface area contributed by atoms with Gasteiger partial charge in [-0.15, -0.1) is 0 Å². The van der Waals surface area contributed by atoms with E-state index in [2.05, 4.69) is 0 Å². The van der Waals surface area contributed by atoms with Crippen molar-refractivity contribution in [1.82, 2.24) is 4.31 Å². The standard InChI is InChI=1S/C7H14FNO2S/c1-6-3-4-9(5-7(6)8)12(2,10)11/h6-7H,3-5H2,1-2H3/t6-,7-/m1/s1. The lowest BCUT2D eigenvalue weighted by Crippen LogP contribution is -2.43. The van der Waals surface area contributed by atoms with Crippen molar-refractivity contribution in [3.8, 4) is 0 Å².